The van der Waals surface area contributed by atoms with Crippen LogP contribution in [0.4, 0.5) is 0 Å². The second kappa shape index (κ2) is 5.95. The summed E-state index contributed by atoms with van der Waals surface area (Å²) in [7, 11) is 0. The average Bonchev–Trinajstić information content (AvgIpc) is 2.31. The fourth-order valence-corrected chi connectivity index (χ4v) is 3.24. The van der Waals surface area contributed by atoms with E-state index in [1.54, 1.807) is 0 Å². The van der Waals surface area contributed by atoms with Crippen molar-refractivity contribution >= 4 is 16.9 Å². The first-order valence-electron chi connectivity index (χ1n) is 6.55. The zero-order valence-electron chi connectivity index (χ0n) is 11.3. The molecule has 3 heteroatoms. The molecule has 0 radical (unpaired) electrons. The molecule has 0 fully saturated rings. The van der Waals surface area contributed by atoms with Crippen LogP contribution in [0.1, 0.15) is 53.9 Å². The lowest BCUT2D eigenvalue weighted by atomic mass is 9.90. The Labute approximate surface area is 105 Å². The van der Waals surface area contributed by atoms with Gasteiger partial charge in [-0.3, -0.25) is 4.99 Å². The first-order valence-corrected chi connectivity index (χ1v) is 7.54. The van der Waals surface area contributed by atoms with Gasteiger partial charge in [0.25, 0.3) is 0 Å². The smallest absolute Gasteiger partial charge is 0.157 e. The minimum atomic E-state index is 0.256. The highest BCUT2D eigenvalue weighted by Gasteiger charge is 2.27. The van der Waals surface area contributed by atoms with Crippen molar-refractivity contribution in [3.05, 3.63) is 0 Å². The summed E-state index contributed by atoms with van der Waals surface area (Å²) in [5.41, 5.74) is 0.256. The minimum absolute atomic E-state index is 0.256. The molecule has 1 heterocycles. The molecular weight excluding hydrogens is 216 g/mol. The quantitative estimate of drug-likeness (QED) is 0.813. The Hall–Kier alpha value is -0.180. The highest BCUT2D eigenvalue weighted by atomic mass is 32.2. The molecule has 0 amide bonds. The van der Waals surface area contributed by atoms with E-state index in [4.69, 9.17) is 4.99 Å². The monoisotopic (exact) mass is 242 g/mol. The third-order valence-corrected chi connectivity index (χ3v) is 5.20. The molecule has 0 saturated carbocycles. The van der Waals surface area contributed by atoms with Crippen molar-refractivity contribution in [2.45, 2.75) is 65.5 Å². The minimum Gasteiger partial charge on any atom is -0.360 e. The third kappa shape index (κ3) is 3.16. The lowest BCUT2D eigenvalue weighted by molar-refractivity contribution is 0.340. The fourth-order valence-electron chi connectivity index (χ4n) is 2.01. The Morgan fingerprint density at radius 1 is 1.25 bits per heavy atom. The largest absolute Gasteiger partial charge is 0.360 e. The lowest BCUT2D eigenvalue weighted by Crippen LogP contribution is -2.47. The number of thioether (sulfide) groups is 1. The van der Waals surface area contributed by atoms with Crippen LogP contribution in [0.2, 0.25) is 0 Å². The van der Waals surface area contributed by atoms with E-state index in [-0.39, 0.29) is 5.54 Å². The van der Waals surface area contributed by atoms with E-state index in [9.17, 15) is 0 Å². The molecule has 2 nitrogen and oxygen atoms in total. The van der Waals surface area contributed by atoms with Crippen LogP contribution in [-0.4, -0.2) is 22.5 Å². The van der Waals surface area contributed by atoms with Gasteiger partial charge in [-0.15, -0.1) is 0 Å². The molecule has 0 spiro atoms. The van der Waals surface area contributed by atoms with Crippen LogP contribution in [-0.2, 0) is 0 Å². The van der Waals surface area contributed by atoms with E-state index >= 15 is 0 Å². The molecule has 0 bridgehead atoms. The van der Waals surface area contributed by atoms with Crippen LogP contribution in [0, 0.1) is 5.92 Å². The van der Waals surface area contributed by atoms with Crippen LogP contribution in [0.25, 0.3) is 0 Å². The lowest BCUT2D eigenvalue weighted by Gasteiger charge is -2.35. The van der Waals surface area contributed by atoms with Crippen molar-refractivity contribution in [1.82, 2.24) is 5.32 Å². The van der Waals surface area contributed by atoms with Gasteiger partial charge in [-0.05, 0) is 32.1 Å². The first kappa shape index (κ1) is 13.9. The summed E-state index contributed by atoms with van der Waals surface area (Å²) in [6.45, 7) is 11.3. The number of aliphatic imine (C=N–C) groups is 1. The van der Waals surface area contributed by atoms with Crippen LogP contribution in [0.15, 0.2) is 4.99 Å². The Bertz CT molecular complexity index is 238. The van der Waals surface area contributed by atoms with Gasteiger partial charge in [0.15, 0.2) is 5.17 Å². The zero-order chi connectivity index (χ0) is 12.2. The number of nitrogens with zero attached hydrogens (tertiary/aromatic N) is 1. The van der Waals surface area contributed by atoms with Gasteiger partial charge in [0, 0.05) is 11.3 Å². The molecule has 0 aromatic heterocycles. The van der Waals surface area contributed by atoms with Crippen molar-refractivity contribution in [2.24, 2.45) is 10.9 Å². The van der Waals surface area contributed by atoms with Crippen molar-refractivity contribution in [3.63, 3.8) is 0 Å². The summed E-state index contributed by atoms with van der Waals surface area (Å²) in [5.74, 6) is 1.90. The predicted octanol–water partition coefficient (Wildman–Crippen LogP) is 3.67. The summed E-state index contributed by atoms with van der Waals surface area (Å²) >= 11 is 1.89. The van der Waals surface area contributed by atoms with Gasteiger partial charge in [-0.25, -0.2) is 0 Å². The van der Waals surface area contributed by atoms with Crippen molar-refractivity contribution in [3.8, 4) is 0 Å². The van der Waals surface area contributed by atoms with Gasteiger partial charge < -0.3 is 5.32 Å². The summed E-state index contributed by atoms with van der Waals surface area (Å²) in [5, 5.41) is 4.85. The van der Waals surface area contributed by atoms with Gasteiger partial charge in [-0.2, -0.15) is 0 Å². The van der Waals surface area contributed by atoms with Crippen LogP contribution >= 0.6 is 11.8 Å². The molecule has 16 heavy (non-hydrogen) atoms. The first-order chi connectivity index (χ1) is 7.56. The predicted molar refractivity (Wildman–Crippen MR) is 75.3 cm³/mol. The van der Waals surface area contributed by atoms with Gasteiger partial charge in [0.2, 0.25) is 0 Å². The number of amidine groups is 1. The molecular formula is C13H26N2S. The topological polar surface area (TPSA) is 24.4 Å². The van der Waals surface area contributed by atoms with E-state index < -0.39 is 0 Å². The number of hydrogen-bond donors (Lipinski definition) is 1. The highest BCUT2D eigenvalue weighted by molar-refractivity contribution is 8.13. The van der Waals surface area contributed by atoms with Crippen LogP contribution in [0.3, 0.4) is 0 Å². The van der Waals surface area contributed by atoms with E-state index in [1.165, 1.54) is 25.0 Å². The van der Waals surface area contributed by atoms with Gasteiger partial charge in [0.1, 0.15) is 0 Å². The third-order valence-electron chi connectivity index (χ3n) is 4.03. The zero-order valence-corrected chi connectivity index (χ0v) is 12.2. The molecule has 1 aliphatic rings. The van der Waals surface area contributed by atoms with Crippen LogP contribution in [0.5, 0.6) is 0 Å². The van der Waals surface area contributed by atoms with E-state index in [0.717, 1.165) is 5.17 Å². The molecule has 1 rings (SSSR count). The number of rotatable bonds is 4. The SMILES string of the molecule is CCC(CC)(CC)NC1=NC(C)C(C)CS1. The molecule has 1 aliphatic heterocycles. The number of nitrogens with one attached hydrogen (secondary N) is 1. The van der Waals surface area contributed by atoms with Crippen LogP contribution < -0.4 is 5.32 Å². The van der Waals surface area contributed by atoms with Crippen molar-refractivity contribution in [2.75, 3.05) is 5.75 Å². The van der Waals surface area contributed by atoms with E-state index in [2.05, 4.69) is 39.9 Å². The maximum Gasteiger partial charge on any atom is 0.157 e. The second-order valence-electron chi connectivity index (χ2n) is 4.93. The maximum atomic E-state index is 4.76. The molecule has 2 atom stereocenters. The molecule has 0 aromatic carbocycles. The standard InChI is InChI=1S/C13H26N2S/c1-6-13(7-2,8-3)15-12-14-11(5)10(4)9-16-12/h10-11H,6-9H2,1-5H3,(H,14,15). The Morgan fingerprint density at radius 2 is 1.81 bits per heavy atom. The van der Waals surface area contributed by atoms with E-state index in [1.807, 2.05) is 11.8 Å². The molecule has 0 saturated heterocycles. The summed E-state index contributed by atoms with van der Waals surface area (Å²) in [6, 6.07) is 0.465. The molecule has 2 unspecified atom stereocenters. The van der Waals surface area contributed by atoms with E-state index in [0.29, 0.717) is 12.0 Å². The fraction of sp³-hybridized carbons (Fsp3) is 0.923. The average molecular weight is 242 g/mol. The van der Waals surface area contributed by atoms with Crippen molar-refractivity contribution in [1.29, 1.82) is 0 Å². The highest BCUT2D eigenvalue weighted by Crippen LogP contribution is 2.26. The Balaban J connectivity index is 2.69. The molecule has 0 aliphatic carbocycles. The van der Waals surface area contributed by atoms with Gasteiger partial charge >= 0.3 is 0 Å². The molecule has 0 aromatic rings. The van der Waals surface area contributed by atoms with Crippen molar-refractivity contribution < 1.29 is 0 Å². The summed E-state index contributed by atoms with van der Waals surface area (Å²) in [6.07, 6.45) is 3.51. The Morgan fingerprint density at radius 3 is 2.25 bits per heavy atom. The van der Waals surface area contributed by atoms with Gasteiger partial charge in [-0.1, -0.05) is 39.5 Å². The molecule has 94 valence electrons. The summed E-state index contributed by atoms with van der Waals surface area (Å²) < 4.78 is 0. The number of hydrogen-bond acceptors (Lipinski definition) is 3. The maximum absolute atomic E-state index is 4.76. The second-order valence-corrected chi connectivity index (χ2v) is 5.94. The molecule has 1 N–H and O–H groups in total. The normalized spacial score (nSPS) is 26.4. The summed E-state index contributed by atoms with van der Waals surface area (Å²) in [4.78, 5) is 4.76. The van der Waals surface area contributed by atoms with Gasteiger partial charge in [0.05, 0.1) is 6.04 Å². The Kier molecular flexibility index (Phi) is 5.16.